The van der Waals surface area contributed by atoms with Gasteiger partial charge in [-0.15, -0.1) is 11.3 Å². The predicted molar refractivity (Wildman–Crippen MR) is 68.2 cm³/mol. The molecule has 3 nitrogen and oxygen atoms in total. The summed E-state index contributed by atoms with van der Waals surface area (Å²) < 4.78 is 42.7. The summed E-state index contributed by atoms with van der Waals surface area (Å²) in [6, 6.07) is 6.60. The maximum absolute atomic E-state index is 12.6. The van der Waals surface area contributed by atoms with Crippen molar-refractivity contribution in [2.45, 2.75) is 19.1 Å². The highest BCUT2D eigenvalue weighted by atomic mass is 32.1. The predicted octanol–water partition coefficient (Wildman–Crippen LogP) is 3.47. The first-order chi connectivity index (χ1) is 9.44. The molecule has 108 valence electrons. The van der Waals surface area contributed by atoms with Gasteiger partial charge in [-0.05, 0) is 23.6 Å². The van der Waals surface area contributed by atoms with E-state index in [4.69, 9.17) is 4.42 Å². The van der Waals surface area contributed by atoms with E-state index in [-0.39, 0.29) is 13.0 Å². The summed E-state index contributed by atoms with van der Waals surface area (Å²) in [5, 5.41) is 1.78. The molecule has 0 atom stereocenters. The number of furan rings is 1. The second-order valence-electron chi connectivity index (χ2n) is 4.20. The van der Waals surface area contributed by atoms with Crippen molar-refractivity contribution in [1.29, 1.82) is 0 Å². The van der Waals surface area contributed by atoms with E-state index in [1.165, 1.54) is 17.6 Å². The van der Waals surface area contributed by atoms with Gasteiger partial charge in [-0.2, -0.15) is 13.2 Å². The van der Waals surface area contributed by atoms with Gasteiger partial charge in [0.25, 0.3) is 0 Å². The van der Waals surface area contributed by atoms with Gasteiger partial charge in [0.15, 0.2) is 0 Å². The lowest BCUT2D eigenvalue weighted by Crippen LogP contribution is -2.39. The van der Waals surface area contributed by atoms with Crippen LogP contribution in [0.1, 0.15) is 10.6 Å². The van der Waals surface area contributed by atoms with Crippen molar-refractivity contribution in [3.8, 4) is 0 Å². The minimum Gasteiger partial charge on any atom is -0.467 e. The lowest BCUT2D eigenvalue weighted by Gasteiger charge is -2.22. The summed E-state index contributed by atoms with van der Waals surface area (Å²) in [5.74, 6) is -0.241. The SMILES string of the molecule is O=C(Cc1cccs1)N(Cc1ccco1)CC(F)(F)F. The summed E-state index contributed by atoms with van der Waals surface area (Å²) in [7, 11) is 0. The van der Waals surface area contributed by atoms with Crippen LogP contribution in [0, 0.1) is 0 Å². The highest BCUT2D eigenvalue weighted by Gasteiger charge is 2.33. The van der Waals surface area contributed by atoms with Crippen molar-refractivity contribution in [3.63, 3.8) is 0 Å². The zero-order chi connectivity index (χ0) is 14.6. The first-order valence-corrected chi connectivity index (χ1v) is 6.71. The minimum absolute atomic E-state index is 0.0333. The third-order valence-corrected chi connectivity index (χ3v) is 3.43. The summed E-state index contributed by atoms with van der Waals surface area (Å²) in [4.78, 5) is 13.5. The summed E-state index contributed by atoms with van der Waals surface area (Å²) in [5.41, 5.74) is 0. The Labute approximate surface area is 117 Å². The fourth-order valence-corrected chi connectivity index (χ4v) is 2.41. The molecular formula is C13H12F3NO2S. The summed E-state index contributed by atoms with van der Waals surface area (Å²) >= 11 is 1.34. The van der Waals surface area contributed by atoms with E-state index in [1.54, 1.807) is 29.6 Å². The van der Waals surface area contributed by atoms with E-state index in [9.17, 15) is 18.0 Å². The molecule has 0 unspecified atom stereocenters. The van der Waals surface area contributed by atoms with Crippen molar-refractivity contribution in [2.75, 3.05) is 6.54 Å². The number of carbonyl (C=O) groups excluding carboxylic acids is 1. The number of amides is 1. The number of rotatable bonds is 5. The Balaban J connectivity index is 2.06. The molecule has 0 bridgehead atoms. The smallest absolute Gasteiger partial charge is 0.406 e. The van der Waals surface area contributed by atoms with Gasteiger partial charge >= 0.3 is 6.18 Å². The van der Waals surface area contributed by atoms with Crippen molar-refractivity contribution in [3.05, 3.63) is 46.5 Å². The molecule has 2 aromatic rings. The van der Waals surface area contributed by atoms with E-state index in [1.807, 2.05) is 0 Å². The monoisotopic (exact) mass is 303 g/mol. The summed E-state index contributed by atoms with van der Waals surface area (Å²) in [6.45, 7) is -1.46. The van der Waals surface area contributed by atoms with Gasteiger partial charge in [0.1, 0.15) is 12.3 Å². The van der Waals surface area contributed by atoms with Crippen LogP contribution in [-0.4, -0.2) is 23.5 Å². The Morgan fingerprint density at radius 2 is 2.10 bits per heavy atom. The molecule has 2 aromatic heterocycles. The van der Waals surface area contributed by atoms with E-state index in [2.05, 4.69) is 0 Å². The number of carbonyl (C=O) groups is 1. The van der Waals surface area contributed by atoms with Crippen LogP contribution in [0.5, 0.6) is 0 Å². The van der Waals surface area contributed by atoms with Crippen LogP contribution in [0.25, 0.3) is 0 Å². The van der Waals surface area contributed by atoms with Crippen LogP contribution < -0.4 is 0 Å². The Morgan fingerprint density at radius 3 is 2.65 bits per heavy atom. The van der Waals surface area contributed by atoms with Gasteiger partial charge in [-0.3, -0.25) is 4.79 Å². The number of nitrogens with zero attached hydrogens (tertiary/aromatic N) is 1. The molecule has 0 N–H and O–H groups in total. The average Bonchev–Trinajstić information content (AvgIpc) is 2.99. The largest absolute Gasteiger partial charge is 0.467 e. The highest BCUT2D eigenvalue weighted by Crippen LogP contribution is 2.20. The van der Waals surface area contributed by atoms with Gasteiger partial charge in [-0.25, -0.2) is 0 Å². The third-order valence-electron chi connectivity index (χ3n) is 2.56. The van der Waals surface area contributed by atoms with Crippen LogP contribution in [0.2, 0.25) is 0 Å². The normalized spacial score (nSPS) is 11.6. The van der Waals surface area contributed by atoms with Crippen LogP contribution >= 0.6 is 11.3 Å². The van der Waals surface area contributed by atoms with E-state index >= 15 is 0 Å². The molecule has 2 heterocycles. The third kappa shape index (κ3) is 4.41. The molecule has 0 spiro atoms. The van der Waals surface area contributed by atoms with E-state index < -0.39 is 18.6 Å². The summed E-state index contributed by atoms with van der Waals surface area (Å²) in [6.07, 6.45) is -3.10. The second-order valence-corrected chi connectivity index (χ2v) is 5.23. The molecule has 0 saturated carbocycles. The second kappa shape index (κ2) is 6.13. The average molecular weight is 303 g/mol. The molecule has 1 amide bonds. The number of hydrogen-bond acceptors (Lipinski definition) is 3. The van der Waals surface area contributed by atoms with Gasteiger partial charge in [0, 0.05) is 4.88 Å². The van der Waals surface area contributed by atoms with Gasteiger partial charge in [0.05, 0.1) is 19.2 Å². The van der Waals surface area contributed by atoms with Gasteiger partial charge < -0.3 is 9.32 Å². The first kappa shape index (κ1) is 14.6. The molecular weight excluding hydrogens is 291 g/mol. The fourth-order valence-electron chi connectivity index (χ4n) is 1.71. The molecule has 7 heteroatoms. The molecule has 20 heavy (non-hydrogen) atoms. The topological polar surface area (TPSA) is 33.5 Å². The molecule has 0 aromatic carbocycles. The Kier molecular flexibility index (Phi) is 4.49. The highest BCUT2D eigenvalue weighted by molar-refractivity contribution is 7.10. The number of thiophene rings is 1. The fraction of sp³-hybridized carbons (Fsp3) is 0.308. The minimum atomic E-state index is -4.43. The lowest BCUT2D eigenvalue weighted by molar-refractivity contribution is -0.162. The zero-order valence-electron chi connectivity index (χ0n) is 10.4. The Bertz CT molecular complexity index is 534. The van der Waals surface area contributed by atoms with Crippen LogP contribution in [-0.2, 0) is 17.8 Å². The van der Waals surface area contributed by atoms with Gasteiger partial charge in [-0.1, -0.05) is 6.07 Å². The van der Waals surface area contributed by atoms with Crippen LogP contribution in [0.15, 0.2) is 40.3 Å². The van der Waals surface area contributed by atoms with Crippen LogP contribution in [0.3, 0.4) is 0 Å². The maximum atomic E-state index is 12.6. The van der Waals surface area contributed by atoms with Crippen LogP contribution in [0.4, 0.5) is 13.2 Å². The van der Waals surface area contributed by atoms with Crippen molar-refractivity contribution in [1.82, 2.24) is 4.90 Å². The molecule has 2 rings (SSSR count). The number of hydrogen-bond donors (Lipinski definition) is 0. The van der Waals surface area contributed by atoms with E-state index in [0.717, 1.165) is 9.78 Å². The molecule has 0 aliphatic heterocycles. The standard InChI is InChI=1S/C13H12F3NO2S/c14-13(15,16)9-17(8-10-3-1-5-19-10)12(18)7-11-4-2-6-20-11/h1-6H,7-9H2. The molecule has 0 fully saturated rings. The molecule has 0 aliphatic rings. The Morgan fingerprint density at radius 1 is 1.30 bits per heavy atom. The zero-order valence-corrected chi connectivity index (χ0v) is 11.2. The number of alkyl halides is 3. The maximum Gasteiger partial charge on any atom is 0.406 e. The first-order valence-electron chi connectivity index (χ1n) is 5.83. The molecule has 0 radical (unpaired) electrons. The quantitative estimate of drug-likeness (QED) is 0.847. The van der Waals surface area contributed by atoms with Crippen molar-refractivity contribution >= 4 is 17.2 Å². The van der Waals surface area contributed by atoms with Gasteiger partial charge in [0.2, 0.25) is 5.91 Å². The molecule has 0 saturated heterocycles. The lowest BCUT2D eigenvalue weighted by atomic mass is 10.3. The molecule has 0 aliphatic carbocycles. The Hall–Kier alpha value is -1.76. The van der Waals surface area contributed by atoms with Crippen molar-refractivity contribution < 1.29 is 22.4 Å². The van der Waals surface area contributed by atoms with Crippen molar-refractivity contribution in [2.24, 2.45) is 0 Å². The number of halogens is 3. The van der Waals surface area contributed by atoms with E-state index in [0.29, 0.717) is 5.76 Å².